The smallest absolute Gasteiger partial charge is 0.191 e. The lowest BCUT2D eigenvalue weighted by molar-refractivity contribution is 0.126. The Morgan fingerprint density at radius 2 is 1.73 bits per heavy atom. The van der Waals surface area contributed by atoms with E-state index in [2.05, 4.69) is 40.8 Å². The lowest BCUT2D eigenvalue weighted by atomic mass is 10.2. The minimum Gasteiger partial charge on any atom is -0.417 e. The van der Waals surface area contributed by atoms with Gasteiger partial charge in [0.15, 0.2) is 8.32 Å². The lowest BCUT2D eigenvalue weighted by Gasteiger charge is -2.36. The average Bonchev–Trinajstić information content (AvgIpc) is 2.01. The minimum atomic E-state index is -1.61. The van der Waals surface area contributed by atoms with Crippen molar-refractivity contribution in [3.05, 3.63) is 0 Å². The van der Waals surface area contributed by atoms with Crippen molar-refractivity contribution < 1.29 is 9.53 Å². The van der Waals surface area contributed by atoms with Crippen LogP contribution in [0.2, 0.25) is 18.1 Å². The second kappa shape index (κ2) is 6.02. The molecule has 0 aromatic heterocycles. The Morgan fingerprint density at radius 1 is 1.20 bits per heavy atom. The minimum absolute atomic E-state index is 0.181. The second-order valence-electron chi connectivity index (χ2n) is 5.84. The van der Waals surface area contributed by atoms with Gasteiger partial charge in [0.25, 0.3) is 0 Å². The molecule has 0 amide bonds. The first kappa shape index (κ1) is 15.1. The van der Waals surface area contributed by atoms with Crippen LogP contribution in [0.4, 0.5) is 0 Å². The van der Waals surface area contributed by atoms with E-state index < -0.39 is 8.32 Å². The largest absolute Gasteiger partial charge is 0.417 e. The third kappa shape index (κ3) is 5.69. The molecule has 0 fully saturated rings. The van der Waals surface area contributed by atoms with Crippen LogP contribution < -0.4 is 0 Å². The summed E-state index contributed by atoms with van der Waals surface area (Å²) in [6, 6.07) is 0. The summed E-state index contributed by atoms with van der Waals surface area (Å²) in [5, 5.41) is 9.85. The molecule has 1 N–H and O–H groups in total. The molecule has 0 aliphatic carbocycles. The SMILES string of the molecule is CCCC(O)CCO[Si](C)(C)C(C)(C)C. The van der Waals surface area contributed by atoms with E-state index in [1.807, 2.05) is 0 Å². The maximum atomic E-state index is 9.58. The zero-order valence-electron chi connectivity index (χ0n) is 11.3. The molecule has 0 aromatic rings. The van der Waals surface area contributed by atoms with Crippen LogP contribution in [0.1, 0.15) is 47.0 Å². The van der Waals surface area contributed by atoms with Crippen molar-refractivity contribution in [3.63, 3.8) is 0 Å². The van der Waals surface area contributed by atoms with Gasteiger partial charge in [-0.1, -0.05) is 34.1 Å². The molecule has 92 valence electrons. The van der Waals surface area contributed by atoms with Crippen LogP contribution in [0, 0.1) is 0 Å². The van der Waals surface area contributed by atoms with Gasteiger partial charge in [-0.05, 0) is 31.0 Å². The predicted molar refractivity (Wildman–Crippen MR) is 68.7 cm³/mol. The zero-order valence-corrected chi connectivity index (χ0v) is 12.3. The monoisotopic (exact) mass is 232 g/mol. The molecule has 0 saturated heterocycles. The number of hydrogen-bond donors (Lipinski definition) is 1. The third-order valence-corrected chi connectivity index (χ3v) is 7.88. The van der Waals surface area contributed by atoms with Crippen LogP contribution in [0.5, 0.6) is 0 Å². The maximum absolute atomic E-state index is 9.58. The van der Waals surface area contributed by atoms with E-state index in [9.17, 15) is 5.11 Å². The van der Waals surface area contributed by atoms with Crippen molar-refractivity contribution in [2.24, 2.45) is 0 Å². The van der Waals surface area contributed by atoms with Crippen molar-refractivity contribution in [2.75, 3.05) is 6.61 Å². The van der Waals surface area contributed by atoms with Gasteiger partial charge in [-0.25, -0.2) is 0 Å². The van der Waals surface area contributed by atoms with E-state index in [1.54, 1.807) is 0 Å². The molecular weight excluding hydrogens is 204 g/mol. The van der Waals surface area contributed by atoms with E-state index in [-0.39, 0.29) is 11.1 Å². The van der Waals surface area contributed by atoms with Crippen LogP contribution in [-0.4, -0.2) is 26.1 Å². The van der Waals surface area contributed by atoms with Gasteiger partial charge in [0, 0.05) is 6.61 Å². The summed E-state index contributed by atoms with van der Waals surface area (Å²) >= 11 is 0. The van der Waals surface area contributed by atoms with Crippen molar-refractivity contribution >= 4 is 8.32 Å². The van der Waals surface area contributed by atoms with Crippen LogP contribution in [0.25, 0.3) is 0 Å². The predicted octanol–water partition coefficient (Wildman–Crippen LogP) is 3.56. The Hall–Kier alpha value is 0.137. The van der Waals surface area contributed by atoms with Crippen molar-refractivity contribution in [2.45, 2.75) is 71.2 Å². The van der Waals surface area contributed by atoms with E-state index in [4.69, 9.17) is 4.43 Å². The fraction of sp³-hybridized carbons (Fsp3) is 1.00. The van der Waals surface area contributed by atoms with Crippen LogP contribution in [0.15, 0.2) is 0 Å². The van der Waals surface area contributed by atoms with Crippen LogP contribution >= 0.6 is 0 Å². The van der Waals surface area contributed by atoms with Gasteiger partial charge in [-0.15, -0.1) is 0 Å². The maximum Gasteiger partial charge on any atom is 0.191 e. The Morgan fingerprint density at radius 3 is 2.13 bits per heavy atom. The first-order valence-electron chi connectivity index (χ1n) is 6.02. The molecule has 0 aromatic carbocycles. The van der Waals surface area contributed by atoms with Gasteiger partial charge in [0.2, 0.25) is 0 Å². The summed E-state index contributed by atoms with van der Waals surface area (Å²) < 4.78 is 5.99. The zero-order chi connectivity index (χ0) is 12.1. The highest BCUT2D eigenvalue weighted by molar-refractivity contribution is 6.74. The van der Waals surface area contributed by atoms with E-state index in [0.717, 1.165) is 19.3 Å². The fourth-order valence-corrected chi connectivity index (χ4v) is 2.21. The normalized spacial score (nSPS) is 15.4. The third-order valence-electron chi connectivity index (χ3n) is 3.34. The fourth-order valence-electron chi connectivity index (χ4n) is 1.14. The van der Waals surface area contributed by atoms with Gasteiger partial charge >= 0.3 is 0 Å². The molecule has 15 heavy (non-hydrogen) atoms. The van der Waals surface area contributed by atoms with Gasteiger partial charge in [-0.2, -0.15) is 0 Å². The first-order chi connectivity index (χ1) is 6.70. The molecule has 1 atom stereocenters. The van der Waals surface area contributed by atoms with Crippen LogP contribution in [-0.2, 0) is 4.43 Å². The highest BCUT2D eigenvalue weighted by Gasteiger charge is 2.36. The van der Waals surface area contributed by atoms with E-state index in [1.165, 1.54) is 0 Å². The quantitative estimate of drug-likeness (QED) is 0.710. The lowest BCUT2D eigenvalue weighted by Crippen LogP contribution is -2.41. The topological polar surface area (TPSA) is 29.5 Å². The molecule has 0 aliphatic heterocycles. The van der Waals surface area contributed by atoms with Gasteiger partial charge < -0.3 is 9.53 Å². The molecule has 1 unspecified atom stereocenters. The molecule has 0 radical (unpaired) electrons. The molecule has 0 spiro atoms. The molecule has 0 heterocycles. The van der Waals surface area contributed by atoms with Crippen molar-refractivity contribution in [1.29, 1.82) is 0 Å². The number of rotatable bonds is 6. The summed E-state index contributed by atoms with van der Waals surface area (Å²) in [5.74, 6) is 0. The Bertz CT molecular complexity index is 173. The Kier molecular flexibility index (Phi) is 6.07. The van der Waals surface area contributed by atoms with E-state index in [0.29, 0.717) is 6.61 Å². The molecule has 0 rings (SSSR count). The summed E-state index contributed by atoms with van der Waals surface area (Å²) in [5.41, 5.74) is 0. The van der Waals surface area contributed by atoms with Crippen molar-refractivity contribution in [3.8, 4) is 0 Å². The van der Waals surface area contributed by atoms with Gasteiger partial charge in [-0.3, -0.25) is 0 Å². The summed E-state index contributed by atoms with van der Waals surface area (Å²) in [6.45, 7) is 14.0. The highest BCUT2D eigenvalue weighted by Crippen LogP contribution is 2.36. The van der Waals surface area contributed by atoms with Crippen molar-refractivity contribution in [1.82, 2.24) is 0 Å². The summed E-state index contributed by atoms with van der Waals surface area (Å²) in [6.07, 6.45) is 2.53. The number of hydrogen-bond acceptors (Lipinski definition) is 2. The molecule has 0 aliphatic rings. The van der Waals surface area contributed by atoms with Gasteiger partial charge in [0.1, 0.15) is 0 Å². The molecule has 0 saturated carbocycles. The molecular formula is C12H28O2Si. The summed E-state index contributed by atoms with van der Waals surface area (Å²) in [7, 11) is -1.61. The first-order valence-corrected chi connectivity index (χ1v) is 8.93. The molecule has 2 nitrogen and oxygen atoms in total. The number of aliphatic hydroxyl groups excluding tert-OH is 1. The second-order valence-corrected chi connectivity index (χ2v) is 10.6. The standard InChI is InChI=1S/C12H28O2Si/c1-7-8-11(13)9-10-14-15(5,6)12(2,3)4/h11,13H,7-10H2,1-6H3. The van der Waals surface area contributed by atoms with Gasteiger partial charge in [0.05, 0.1) is 6.10 Å². The highest BCUT2D eigenvalue weighted by atomic mass is 28.4. The van der Waals surface area contributed by atoms with E-state index >= 15 is 0 Å². The number of aliphatic hydroxyl groups is 1. The molecule has 3 heteroatoms. The average molecular weight is 232 g/mol. The van der Waals surface area contributed by atoms with Crippen LogP contribution in [0.3, 0.4) is 0 Å². The summed E-state index contributed by atoms with van der Waals surface area (Å²) in [4.78, 5) is 0. The Labute approximate surface area is 96.2 Å². The Balaban J connectivity index is 3.85. The molecule has 0 bridgehead atoms.